The minimum absolute atomic E-state index is 0.291. The van der Waals surface area contributed by atoms with Crippen molar-refractivity contribution in [2.75, 3.05) is 13.8 Å². The van der Waals surface area contributed by atoms with Crippen LogP contribution in [0.4, 0.5) is 0 Å². The summed E-state index contributed by atoms with van der Waals surface area (Å²) >= 11 is 0. The highest BCUT2D eigenvalue weighted by atomic mass is 16.7. The molecule has 0 radical (unpaired) electrons. The largest absolute Gasteiger partial charge is 0.454 e. The molecule has 2 aromatic carbocycles. The molecule has 1 aromatic heterocycles. The van der Waals surface area contributed by atoms with Gasteiger partial charge in [-0.15, -0.1) is 0 Å². The van der Waals surface area contributed by atoms with Gasteiger partial charge in [0.25, 0.3) is 0 Å². The van der Waals surface area contributed by atoms with Gasteiger partial charge in [-0.25, -0.2) is 0 Å². The Hall–Kier alpha value is -2.86. The number of ether oxygens (including phenoxy) is 2. The molecule has 1 aliphatic rings. The number of benzene rings is 2. The number of nitrogens with zero attached hydrogens (tertiary/aromatic N) is 3. The quantitative estimate of drug-likeness (QED) is 0.719. The maximum absolute atomic E-state index is 5.41. The van der Waals surface area contributed by atoms with Crippen LogP contribution in [0.1, 0.15) is 11.5 Å². The minimum Gasteiger partial charge on any atom is -0.454 e. The second-order valence-electron chi connectivity index (χ2n) is 5.74. The Morgan fingerprint density at radius 2 is 1.83 bits per heavy atom. The molecular formula is C18H17N3O3. The van der Waals surface area contributed by atoms with Gasteiger partial charge in [0.05, 0.1) is 6.54 Å². The Bertz CT molecular complexity index is 833. The molecule has 0 unspecified atom stereocenters. The highest BCUT2D eigenvalue weighted by molar-refractivity contribution is 5.53. The zero-order chi connectivity index (χ0) is 16.4. The van der Waals surface area contributed by atoms with Crippen LogP contribution in [-0.2, 0) is 13.1 Å². The van der Waals surface area contributed by atoms with Gasteiger partial charge in [-0.05, 0) is 24.7 Å². The third-order valence-corrected chi connectivity index (χ3v) is 3.79. The lowest BCUT2D eigenvalue weighted by molar-refractivity contribution is 0.174. The molecule has 6 nitrogen and oxygen atoms in total. The molecule has 0 fully saturated rings. The van der Waals surface area contributed by atoms with Gasteiger partial charge in [0.15, 0.2) is 11.5 Å². The Labute approximate surface area is 139 Å². The Balaban J connectivity index is 1.41. The van der Waals surface area contributed by atoms with Crippen molar-refractivity contribution in [2.45, 2.75) is 13.1 Å². The molecule has 0 atom stereocenters. The predicted molar refractivity (Wildman–Crippen MR) is 87.5 cm³/mol. The minimum atomic E-state index is 0.291. The molecule has 0 saturated heterocycles. The van der Waals surface area contributed by atoms with Gasteiger partial charge in [-0.2, -0.15) is 4.98 Å². The summed E-state index contributed by atoms with van der Waals surface area (Å²) in [6.07, 6.45) is 0. The summed E-state index contributed by atoms with van der Waals surface area (Å²) in [6, 6.07) is 15.8. The molecule has 24 heavy (non-hydrogen) atoms. The molecule has 2 heterocycles. The zero-order valence-corrected chi connectivity index (χ0v) is 13.3. The van der Waals surface area contributed by atoms with E-state index in [0.717, 1.165) is 29.2 Å². The van der Waals surface area contributed by atoms with Crippen LogP contribution in [-0.4, -0.2) is 28.9 Å². The maximum atomic E-state index is 5.41. The SMILES string of the molecule is CN(Cc1ccc2c(c1)OCO2)Cc1nc(-c2ccccc2)no1. The van der Waals surface area contributed by atoms with Gasteiger partial charge in [-0.3, -0.25) is 4.90 Å². The molecule has 122 valence electrons. The first kappa shape index (κ1) is 14.7. The zero-order valence-electron chi connectivity index (χ0n) is 13.3. The van der Waals surface area contributed by atoms with Crippen molar-refractivity contribution in [1.82, 2.24) is 15.0 Å². The summed E-state index contributed by atoms with van der Waals surface area (Å²) in [7, 11) is 2.01. The van der Waals surface area contributed by atoms with E-state index in [1.54, 1.807) is 0 Å². The summed E-state index contributed by atoms with van der Waals surface area (Å²) in [5, 5.41) is 4.04. The van der Waals surface area contributed by atoms with E-state index in [2.05, 4.69) is 15.0 Å². The van der Waals surface area contributed by atoms with E-state index in [-0.39, 0.29) is 0 Å². The highest BCUT2D eigenvalue weighted by Gasteiger charge is 2.15. The summed E-state index contributed by atoms with van der Waals surface area (Å²) in [5.74, 6) is 2.80. The molecule has 3 aromatic rings. The van der Waals surface area contributed by atoms with E-state index < -0.39 is 0 Å². The number of hydrogen-bond donors (Lipinski definition) is 0. The summed E-state index contributed by atoms with van der Waals surface area (Å²) in [5.41, 5.74) is 2.09. The van der Waals surface area contributed by atoms with Crippen molar-refractivity contribution < 1.29 is 14.0 Å². The van der Waals surface area contributed by atoms with Crippen LogP contribution in [0, 0.1) is 0 Å². The van der Waals surface area contributed by atoms with Crippen molar-refractivity contribution in [3.8, 4) is 22.9 Å². The normalized spacial score (nSPS) is 12.8. The Morgan fingerprint density at radius 3 is 2.71 bits per heavy atom. The molecule has 0 bridgehead atoms. The molecule has 0 aliphatic carbocycles. The Morgan fingerprint density at radius 1 is 1.00 bits per heavy atom. The summed E-state index contributed by atoms with van der Waals surface area (Å²) < 4.78 is 16.1. The molecule has 0 spiro atoms. The first-order valence-electron chi connectivity index (χ1n) is 7.73. The smallest absolute Gasteiger partial charge is 0.241 e. The van der Waals surface area contributed by atoms with E-state index in [0.29, 0.717) is 25.1 Å². The van der Waals surface area contributed by atoms with Gasteiger partial charge in [0.2, 0.25) is 18.5 Å². The maximum Gasteiger partial charge on any atom is 0.241 e. The lowest BCUT2D eigenvalue weighted by Gasteiger charge is -2.14. The van der Waals surface area contributed by atoms with Gasteiger partial charge in [0.1, 0.15) is 0 Å². The molecule has 0 N–H and O–H groups in total. The average Bonchev–Trinajstić information content (AvgIpc) is 3.24. The van der Waals surface area contributed by atoms with Crippen molar-refractivity contribution >= 4 is 0 Å². The van der Waals surface area contributed by atoms with Crippen LogP contribution in [0.5, 0.6) is 11.5 Å². The van der Waals surface area contributed by atoms with Crippen LogP contribution in [0.3, 0.4) is 0 Å². The fraction of sp³-hybridized carbons (Fsp3) is 0.222. The first-order chi connectivity index (χ1) is 11.8. The average molecular weight is 323 g/mol. The molecule has 6 heteroatoms. The topological polar surface area (TPSA) is 60.6 Å². The number of hydrogen-bond acceptors (Lipinski definition) is 6. The fourth-order valence-electron chi connectivity index (χ4n) is 2.66. The second kappa shape index (κ2) is 6.33. The van der Waals surface area contributed by atoms with E-state index in [1.165, 1.54) is 0 Å². The predicted octanol–water partition coefficient (Wildman–Crippen LogP) is 3.10. The van der Waals surface area contributed by atoms with Gasteiger partial charge in [-0.1, -0.05) is 41.6 Å². The third kappa shape index (κ3) is 3.09. The first-order valence-corrected chi connectivity index (χ1v) is 7.73. The molecular weight excluding hydrogens is 306 g/mol. The van der Waals surface area contributed by atoms with Crippen LogP contribution in [0.15, 0.2) is 53.1 Å². The van der Waals surface area contributed by atoms with E-state index in [1.807, 2.05) is 55.6 Å². The van der Waals surface area contributed by atoms with E-state index >= 15 is 0 Å². The van der Waals surface area contributed by atoms with Crippen LogP contribution >= 0.6 is 0 Å². The van der Waals surface area contributed by atoms with Crippen molar-refractivity contribution in [3.63, 3.8) is 0 Å². The van der Waals surface area contributed by atoms with Crippen molar-refractivity contribution in [1.29, 1.82) is 0 Å². The lowest BCUT2D eigenvalue weighted by Crippen LogP contribution is -2.17. The second-order valence-corrected chi connectivity index (χ2v) is 5.74. The van der Waals surface area contributed by atoms with Crippen molar-refractivity contribution in [3.05, 3.63) is 60.0 Å². The molecule has 0 amide bonds. The molecule has 0 saturated carbocycles. The number of fused-ring (bicyclic) bond motifs is 1. The standard InChI is InChI=1S/C18H17N3O3/c1-21(10-13-7-8-15-16(9-13)23-12-22-15)11-17-19-18(20-24-17)14-5-3-2-4-6-14/h2-9H,10-12H2,1H3. The van der Waals surface area contributed by atoms with Crippen LogP contribution in [0.2, 0.25) is 0 Å². The Kier molecular flexibility index (Phi) is 3.88. The van der Waals surface area contributed by atoms with Crippen LogP contribution in [0.25, 0.3) is 11.4 Å². The van der Waals surface area contributed by atoms with Crippen molar-refractivity contribution in [2.24, 2.45) is 0 Å². The van der Waals surface area contributed by atoms with E-state index in [4.69, 9.17) is 14.0 Å². The van der Waals surface area contributed by atoms with Gasteiger partial charge >= 0.3 is 0 Å². The van der Waals surface area contributed by atoms with Gasteiger partial charge in [0, 0.05) is 12.1 Å². The number of rotatable bonds is 5. The summed E-state index contributed by atoms with van der Waals surface area (Å²) in [6.45, 7) is 1.62. The summed E-state index contributed by atoms with van der Waals surface area (Å²) in [4.78, 5) is 6.57. The van der Waals surface area contributed by atoms with E-state index in [9.17, 15) is 0 Å². The third-order valence-electron chi connectivity index (χ3n) is 3.79. The molecule has 1 aliphatic heterocycles. The monoisotopic (exact) mass is 323 g/mol. The fourth-order valence-corrected chi connectivity index (χ4v) is 2.66. The van der Waals surface area contributed by atoms with Gasteiger partial charge < -0.3 is 14.0 Å². The number of aromatic nitrogens is 2. The lowest BCUT2D eigenvalue weighted by atomic mass is 10.2. The molecule has 4 rings (SSSR count). The highest BCUT2D eigenvalue weighted by Crippen LogP contribution is 2.32. The van der Waals surface area contributed by atoms with Crippen LogP contribution < -0.4 is 9.47 Å².